The van der Waals surface area contributed by atoms with Gasteiger partial charge in [0.2, 0.25) is 11.7 Å². The third-order valence-electron chi connectivity index (χ3n) is 5.84. The highest BCUT2D eigenvalue weighted by Crippen LogP contribution is 2.41. The highest BCUT2D eigenvalue weighted by atomic mass is 32.2. The summed E-state index contributed by atoms with van der Waals surface area (Å²) in [6.07, 6.45) is 0. The van der Waals surface area contributed by atoms with E-state index in [1.165, 1.54) is 11.8 Å². The topological polar surface area (TPSA) is 63.7 Å². The molecule has 1 heterocycles. The molecule has 8 nitrogen and oxygen atoms in total. The van der Waals surface area contributed by atoms with Gasteiger partial charge >= 0.3 is 0 Å². The van der Waals surface area contributed by atoms with Gasteiger partial charge in [0.1, 0.15) is 10.1 Å². The number of carbonyl (C=O) groups excluding carboxylic acids is 1. The van der Waals surface area contributed by atoms with Crippen molar-refractivity contribution in [2.75, 3.05) is 72.3 Å². The van der Waals surface area contributed by atoms with Gasteiger partial charge < -0.3 is 33.6 Å². The lowest BCUT2D eigenvalue weighted by Gasteiger charge is -2.34. The van der Waals surface area contributed by atoms with Crippen LogP contribution in [-0.2, 0) is 11.3 Å². The molecule has 35 heavy (non-hydrogen) atoms. The maximum absolute atomic E-state index is 13.5. The number of amides is 1. The van der Waals surface area contributed by atoms with Gasteiger partial charge in [-0.05, 0) is 24.7 Å². The summed E-state index contributed by atoms with van der Waals surface area (Å²) in [5.74, 6) is 2.34. The van der Waals surface area contributed by atoms with Crippen molar-refractivity contribution >= 4 is 39.9 Å². The number of nitrogens with zero attached hydrogens (tertiary/aromatic N) is 3. The van der Waals surface area contributed by atoms with E-state index in [-0.39, 0.29) is 11.7 Å². The monoisotopic (exact) mass is 519 g/mol. The molecule has 0 atom stereocenters. The molecule has 0 unspecified atom stereocenters. The molecule has 1 aliphatic rings. The number of ether oxygens (including phenoxy) is 4. The third kappa shape index (κ3) is 6.93. The SMILES string of the molecule is COc1ccc(CN(C(=O)CSC(=S)N2CCN(C)CC2)c2cc(OC)c(OC)c(OC)c2)cc1. The standard InChI is InChI=1S/C25H33N3O5S2/c1-26-10-12-27(13-11-26)25(34)35-17-23(29)28(16-18-6-8-20(30-2)9-7-18)19-14-21(31-3)24(33-5)22(15-19)32-4/h6-9,14-15H,10-13,16-17H2,1-5H3. The normalized spacial score (nSPS) is 13.8. The largest absolute Gasteiger partial charge is 0.497 e. The Hall–Kier alpha value is -2.69. The predicted molar refractivity (Wildman–Crippen MR) is 144 cm³/mol. The number of rotatable bonds is 9. The molecule has 0 saturated carbocycles. The number of hydrogen-bond donors (Lipinski definition) is 0. The molecule has 2 aromatic carbocycles. The van der Waals surface area contributed by atoms with Gasteiger partial charge in [0.05, 0.1) is 46.4 Å². The summed E-state index contributed by atoms with van der Waals surface area (Å²) in [5.41, 5.74) is 1.60. The van der Waals surface area contributed by atoms with E-state index in [0.29, 0.717) is 29.5 Å². The van der Waals surface area contributed by atoms with Gasteiger partial charge in [-0.1, -0.05) is 36.1 Å². The van der Waals surface area contributed by atoms with Crippen LogP contribution in [0.15, 0.2) is 36.4 Å². The van der Waals surface area contributed by atoms with Crippen LogP contribution in [0.4, 0.5) is 5.69 Å². The molecule has 0 aliphatic carbocycles. The first kappa shape index (κ1) is 26.9. The zero-order valence-electron chi connectivity index (χ0n) is 20.9. The smallest absolute Gasteiger partial charge is 0.237 e. The predicted octanol–water partition coefficient (Wildman–Crippen LogP) is 3.52. The van der Waals surface area contributed by atoms with Crippen LogP contribution in [0.3, 0.4) is 0 Å². The summed E-state index contributed by atoms with van der Waals surface area (Å²) in [7, 11) is 8.39. The van der Waals surface area contributed by atoms with Gasteiger partial charge in [0.15, 0.2) is 11.5 Å². The fourth-order valence-corrected chi connectivity index (χ4v) is 4.87. The van der Waals surface area contributed by atoms with Gasteiger partial charge in [-0.3, -0.25) is 4.79 Å². The minimum absolute atomic E-state index is 0.0726. The zero-order chi connectivity index (χ0) is 25.4. The first-order valence-corrected chi connectivity index (χ1v) is 12.6. The second-order valence-electron chi connectivity index (χ2n) is 8.06. The van der Waals surface area contributed by atoms with Crippen LogP contribution in [0.25, 0.3) is 0 Å². The Labute approximate surface area is 217 Å². The van der Waals surface area contributed by atoms with Crippen molar-refractivity contribution in [3.8, 4) is 23.0 Å². The van der Waals surface area contributed by atoms with Crippen molar-refractivity contribution in [1.29, 1.82) is 0 Å². The molecule has 0 aromatic heterocycles. The fourth-order valence-electron chi connectivity index (χ4n) is 3.74. The Balaban J connectivity index is 1.84. The molecule has 1 amide bonds. The lowest BCUT2D eigenvalue weighted by molar-refractivity contribution is -0.116. The number of carbonyl (C=O) groups is 1. The molecule has 1 saturated heterocycles. The molecule has 2 aromatic rings. The lowest BCUT2D eigenvalue weighted by atomic mass is 10.1. The summed E-state index contributed by atoms with van der Waals surface area (Å²) in [4.78, 5) is 19.7. The van der Waals surface area contributed by atoms with Crippen molar-refractivity contribution < 1.29 is 23.7 Å². The summed E-state index contributed by atoms with van der Waals surface area (Å²) in [6.45, 7) is 4.04. The van der Waals surface area contributed by atoms with Crippen LogP contribution in [0, 0.1) is 0 Å². The van der Waals surface area contributed by atoms with E-state index in [4.69, 9.17) is 31.2 Å². The lowest BCUT2D eigenvalue weighted by Crippen LogP contribution is -2.46. The number of methoxy groups -OCH3 is 4. The van der Waals surface area contributed by atoms with Crippen LogP contribution in [0.2, 0.25) is 0 Å². The average molecular weight is 520 g/mol. The molecule has 0 bridgehead atoms. The Bertz CT molecular complexity index is 986. The summed E-state index contributed by atoms with van der Waals surface area (Å²) >= 11 is 7.03. The minimum Gasteiger partial charge on any atom is -0.497 e. The van der Waals surface area contributed by atoms with Gasteiger partial charge in [-0.15, -0.1) is 0 Å². The maximum Gasteiger partial charge on any atom is 0.237 e. The second-order valence-corrected chi connectivity index (χ2v) is 9.67. The second kappa shape index (κ2) is 12.9. The molecule has 190 valence electrons. The van der Waals surface area contributed by atoms with E-state index >= 15 is 0 Å². The molecule has 0 spiro atoms. The van der Waals surface area contributed by atoms with E-state index in [0.717, 1.165) is 41.8 Å². The van der Waals surface area contributed by atoms with Crippen molar-refractivity contribution in [3.05, 3.63) is 42.0 Å². The van der Waals surface area contributed by atoms with Crippen LogP contribution in [0.1, 0.15) is 5.56 Å². The Morgan fingerprint density at radius 1 is 0.943 bits per heavy atom. The average Bonchev–Trinajstić information content (AvgIpc) is 2.89. The van der Waals surface area contributed by atoms with E-state index in [2.05, 4.69) is 16.8 Å². The number of benzene rings is 2. The van der Waals surface area contributed by atoms with Crippen molar-refractivity contribution in [2.45, 2.75) is 6.54 Å². The van der Waals surface area contributed by atoms with Gasteiger partial charge in [-0.2, -0.15) is 0 Å². The van der Waals surface area contributed by atoms with Crippen LogP contribution >= 0.6 is 24.0 Å². The molecular formula is C25H33N3O5S2. The quantitative estimate of drug-likeness (QED) is 0.463. The van der Waals surface area contributed by atoms with Gasteiger partial charge in [0, 0.05) is 38.3 Å². The zero-order valence-corrected chi connectivity index (χ0v) is 22.5. The van der Waals surface area contributed by atoms with Gasteiger partial charge in [0.25, 0.3) is 0 Å². The van der Waals surface area contributed by atoms with Crippen molar-refractivity contribution in [3.63, 3.8) is 0 Å². The Kier molecular flexibility index (Phi) is 9.88. The number of likely N-dealkylation sites (N-methyl/N-ethyl adjacent to an activating group) is 1. The summed E-state index contributed by atoms with van der Waals surface area (Å²) in [6, 6.07) is 11.2. The third-order valence-corrected chi connectivity index (χ3v) is 7.35. The number of anilines is 1. The van der Waals surface area contributed by atoms with E-state index < -0.39 is 0 Å². The number of hydrogen-bond acceptors (Lipinski definition) is 8. The Morgan fingerprint density at radius 2 is 1.54 bits per heavy atom. The molecule has 1 fully saturated rings. The van der Waals surface area contributed by atoms with E-state index in [1.807, 2.05) is 24.3 Å². The number of thiocarbonyl (C=S) groups is 1. The molecule has 0 N–H and O–H groups in total. The minimum atomic E-state index is -0.0726. The fraction of sp³-hybridized carbons (Fsp3) is 0.440. The van der Waals surface area contributed by atoms with Crippen LogP contribution in [-0.4, -0.2) is 87.4 Å². The van der Waals surface area contributed by atoms with E-state index in [9.17, 15) is 4.79 Å². The molecular weight excluding hydrogens is 486 g/mol. The molecule has 10 heteroatoms. The Morgan fingerprint density at radius 3 is 2.06 bits per heavy atom. The summed E-state index contributed by atoms with van der Waals surface area (Å²) < 4.78 is 22.5. The highest BCUT2D eigenvalue weighted by molar-refractivity contribution is 8.23. The molecule has 1 aliphatic heterocycles. The number of thioether (sulfide) groups is 1. The van der Waals surface area contributed by atoms with Crippen molar-refractivity contribution in [2.24, 2.45) is 0 Å². The highest BCUT2D eigenvalue weighted by Gasteiger charge is 2.23. The molecule has 0 radical (unpaired) electrons. The molecule has 3 rings (SSSR count). The van der Waals surface area contributed by atoms with Gasteiger partial charge in [-0.25, -0.2) is 0 Å². The van der Waals surface area contributed by atoms with Crippen LogP contribution < -0.4 is 23.8 Å². The first-order valence-electron chi connectivity index (χ1n) is 11.2. The van der Waals surface area contributed by atoms with Crippen molar-refractivity contribution in [1.82, 2.24) is 9.80 Å². The maximum atomic E-state index is 13.5. The first-order chi connectivity index (χ1) is 16.9. The van der Waals surface area contributed by atoms with Crippen LogP contribution in [0.5, 0.6) is 23.0 Å². The summed E-state index contributed by atoms with van der Waals surface area (Å²) in [5, 5.41) is 0. The van der Waals surface area contributed by atoms with E-state index in [1.54, 1.807) is 45.5 Å². The number of piperazine rings is 1.